The Morgan fingerprint density at radius 1 is 0.914 bits per heavy atom. The van der Waals surface area contributed by atoms with Gasteiger partial charge in [-0.2, -0.15) is 26.3 Å². The predicted molar refractivity (Wildman–Crippen MR) is 205 cm³/mol. The van der Waals surface area contributed by atoms with Crippen molar-refractivity contribution in [1.82, 2.24) is 14.9 Å². The van der Waals surface area contributed by atoms with Gasteiger partial charge in [0.2, 0.25) is 0 Å². The third-order valence-corrected chi connectivity index (χ3v) is 12.1. The number of carbonyl (C=O) groups is 2. The van der Waals surface area contributed by atoms with Crippen LogP contribution in [0.5, 0.6) is 0 Å². The predicted octanol–water partition coefficient (Wildman–Crippen LogP) is 8.18. The third-order valence-electron chi connectivity index (χ3n) is 11.4. The van der Waals surface area contributed by atoms with Crippen LogP contribution in [-0.4, -0.2) is 102 Å². The molecule has 318 valence electrons. The van der Waals surface area contributed by atoms with Crippen LogP contribution in [0.15, 0.2) is 60.7 Å². The number of ether oxygens (including phenoxy) is 2. The van der Waals surface area contributed by atoms with Crippen molar-refractivity contribution in [2.45, 2.75) is 68.0 Å². The largest absolute Gasteiger partial charge is 0.416 e. The second kappa shape index (κ2) is 18.6. The quantitative estimate of drug-likeness (QED) is 0.0820. The molecule has 3 aromatic carbocycles. The van der Waals surface area contributed by atoms with E-state index in [1.807, 2.05) is 18.2 Å². The van der Waals surface area contributed by atoms with E-state index in [0.29, 0.717) is 74.5 Å². The molecule has 18 heteroatoms. The summed E-state index contributed by atoms with van der Waals surface area (Å²) in [5.74, 6) is -1.57. The van der Waals surface area contributed by atoms with Crippen molar-refractivity contribution in [3.05, 3.63) is 104 Å². The van der Waals surface area contributed by atoms with Gasteiger partial charge in [-0.1, -0.05) is 53.5 Å². The molecular weight excluding hydrogens is 839 g/mol. The molecule has 2 N–H and O–H groups in total. The molecule has 1 aliphatic carbocycles. The standard InChI is InChI=1S/C40H43Cl2F6N3O6.ClH/c41-32-8-7-28(23-33(32)42)38(25-50(16-18-57-38)36(54)27-19-29(39(43,44)45)22-30(20-27)40(46,47)48)11-15-49-13-9-37(10-14-49)31-6-2-1-5-26(31)21-34(37)56-24-35(53)51(55)12-3-4-17-52;/h1-2,5-8,19-20,22-23,34,52,55H,3-4,9-18,21,24-25H2;1H/t34-,38-;/m0./s1. The fourth-order valence-corrected chi connectivity index (χ4v) is 8.59. The number of unbranched alkanes of at least 4 members (excludes halogenated alkanes) is 1. The molecule has 0 unspecified atom stereocenters. The van der Waals surface area contributed by atoms with Crippen LogP contribution in [0.2, 0.25) is 10.0 Å². The summed E-state index contributed by atoms with van der Waals surface area (Å²) in [4.78, 5) is 29.9. The molecule has 9 nitrogen and oxygen atoms in total. The Morgan fingerprint density at radius 2 is 1.59 bits per heavy atom. The maximum absolute atomic E-state index is 13.8. The van der Waals surface area contributed by atoms with E-state index in [0.717, 1.165) is 11.1 Å². The summed E-state index contributed by atoms with van der Waals surface area (Å²) in [6.07, 6.45) is -7.46. The number of aliphatic hydroxyl groups is 1. The molecule has 6 rings (SSSR count). The van der Waals surface area contributed by atoms with Crippen molar-refractivity contribution in [2.24, 2.45) is 0 Å². The van der Waals surface area contributed by atoms with Gasteiger partial charge in [0.1, 0.15) is 12.2 Å². The number of benzene rings is 3. The van der Waals surface area contributed by atoms with Gasteiger partial charge in [0.15, 0.2) is 0 Å². The lowest BCUT2D eigenvalue weighted by molar-refractivity contribution is -0.174. The number of morpholine rings is 1. The fourth-order valence-electron chi connectivity index (χ4n) is 8.29. The number of hydrogen-bond acceptors (Lipinski definition) is 7. The van der Waals surface area contributed by atoms with Crippen LogP contribution in [-0.2, 0) is 44.1 Å². The molecule has 2 amide bonds. The first-order valence-corrected chi connectivity index (χ1v) is 19.4. The summed E-state index contributed by atoms with van der Waals surface area (Å²) < 4.78 is 94.8. The van der Waals surface area contributed by atoms with Crippen molar-refractivity contribution in [3.63, 3.8) is 0 Å². The molecular formula is C40H44Cl3F6N3O6. The van der Waals surface area contributed by atoms with Crippen LogP contribution >= 0.6 is 35.6 Å². The molecule has 2 heterocycles. The van der Waals surface area contributed by atoms with Crippen molar-refractivity contribution < 1.29 is 55.7 Å². The minimum Gasteiger partial charge on any atom is -0.396 e. The number of fused-ring (bicyclic) bond motifs is 2. The minimum atomic E-state index is -5.12. The van der Waals surface area contributed by atoms with Gasteiger partial charge in [-0.05, 0) is 98.6 Å². The first kappa shape index (κ1) is 45.9. The van der Waals surface area contributed by atoms with E-state index < -0.39 is 51.9 Å². The maximum Gasteiger partial charge on any atom is 0.416 e. The number of hydroxylamine groups is 2. The fraction of sp³-hybridized carbons (Fsp3) is 0.500. The van der Waals surface area contributed by atoms with Crippen LogP contribution in [0.4, 0.5) is 26.3 Å². The van der Waals surface area contributed by atoms with Crippen LogP contribution in [0.1, 0.15) is 70.3 Å². The number of hydrogen-bond donors (Lipinski definition) is 2. The summed E-state index contributed by atoms with van der Waals surface area (Å²) in [7, 11) is 0. The molecule has 2 saturated heterocycles. The summed E-state index contributed by atoms with van der Waals surface area (Å²) in [5.41, 5.74) is -2.75. The highest BCUT2D eigenvalue weighted by Crippen LogP contribution is 2.48. The Hall–Kier alpha value is -3.15. The molecule has 0 bridgehead atoms. The Morgan fingerprint density at radius 3 is 2.22 bits per heavy atom. The van der Waals surface area contributed by atoms with Gasteiger partial charge < -0.3 is 24.4 Å². The second-order valence-corrected chi connectivity index (χ2v) is 15.7. The monoisotopic (exact) mass is 881 g/mol. The Kier molecular flexibility index (Phi) is 14.8. The topological polar surface area (TPSA) is 103 Å². The maximum atomic E-state index is 13.8. The normalized spacial score (nSPS) is 20.8. The van der Waals surface area contributed by atoms with E-state index in [9.17, 15) is 41.1 Å². The summed E-state index contributed by atoms with van der Waals surface area (Å²) in [6, 6.07) is 13.7. The SMILES string of the molecule is Cl.O=C(CO[C@H]1Cc2ccccc2C12CCN(CC[C@@]1(c3ccc(Cl)c(Cl)c3)CN(C(=O)c3cc(C(F)(F)F)cc(C(F)(F)F)c3)CCO1)CC2)N(O)CCCCO. The number of nitrogens with zero attached hydrogens (tertiary/aromatic N) is 3. The number of piperidine rings is 1. The lowest BCUT2D eigenvalue weighted by Crippen LogP contribution is -2.54. The number of carbonyl (C=O) groups excluding carboxylic acids is 2. The van der Waals surface area contributed by atoms with E-state index in [4.69, 9.17) is 37.8 Å². The van der Waals surface area contributed by atoms with Gasteiger partial charge >= 0.3 is 12.4 Å². The van der Waals surface area contributed by atoms with E-state index >= 15 is 0 Å². The number of halogens is 9. The molecule has 0 aromatic heterocycles. The van der Waals surface area contributed by atoms with Gasteiger partial charge in [0, 0.05) is 37.2 Å². The van der Waals surface area contributed by atoms with Crippen molar-refractivity contribution in [3.8, 4) is 0 Å². The zero-order chi connectivity index (χ0) is 41.2. The minimum absolute atomic E-state index is 0. The molecule has 2 aliphatic heterocycles. The molecule has 0 saturated carbocycles. The van der Waals surface area contributed by atoms with Gasteiger partial charge in [-0.3, -0.25) is 14.8 Å². The van der Waals surface area contributed by atoms with Crippen molar-refractivity contribution in [1.29, 1.82) is 0 Å². The molecule has 2 fully saturated rings. The third kappa shape index (κ3) is 10.1. The smallest absolute Gasteiger partial charge is 0.396 e. The zero-order valence-corrected chi connectivity index (χ0v) is 33.6. The highest BCUT2D eigenvalue weighted by Gasteiger charge is 2.50. The van der Waals surface area contributed by atoms with Crippen LogP contribution in [0, 0.1) is 0 Å². The van der Waals surface area contributed by atoms with Crippen LogP contribution < -0.4 is 0 Å². The summed E-state index contributed by atoms with van der Waals surface area (Å²) in [6.45, 7) is 1.08. The Bertz CT molecular complexity index is 1900. The van der Waals surface area contributed by atoms with Crippen LogP contribution in [0.3, 0.4) is 0 Å². The second-order valence-electron chi connectivity index (χ2n) is 14.8. The average Bonchev–Trinajstić information content (AvgIpc) is 3.48. The van der Waals surface area contributed by atoms with Gasteiger partial charge in [0.25, 0.3) is 11.8 Å². The highest BCUT2D eigenvalue weighted by molar-refractivity contribution is 6.42. The van der Waals surface area contributed by atoms with E-state index in [1.165, 1.54) is 4.90 Å². The first-order chi connectivity index (χ1) is 27.0. The number of amides is 2. The van der Waals surface area contributed by atoms with Gasteiger partial charge in [-0.25, -0.2) is 5.06 Å². The van der Waals surface area contributed by atoms with Crippen LogP contribution in [0.25, 0.3) is 0 Å². The molecule has 3 aliphatic rings. The molecule has 1 spiro atoms. The summed E-state index contributed by atoms with van der Waals surface area (Å²) in [5, 5.41) is 20.3. The Balaban J connectivity index is 0.00000641. The van der Waals surface area contributed by atoms with E-state index in [-0.39, 0.29) is 80.5 Å². The van der Waals surface area contributed by atoms with Crippen molar-refractivity contribution >= 4 is 47.4 Å². The average molecular weight is 883 g/mol. The van der Waals surface area contributed by atoms with Crippen molar-refractivity contribution in [2.75, 3.05) is 59.1 Å². The molecule has 2 atom stereocenters. The molecule has 0 radical (unpaired) electrons. The van der Waals surface area contributed by atoms with Gasteiger partial charge in [0.05, 0.1) is 40.4 Å². The first-order valence-electron chi connectivity index (χ1n) is 18.7. The number of aliphatic hydroxyl groups excluding tert-OH is 1. The number of likely N-dealkylation sites (tertiary alicyclic amines) is 1. The lowest BCUT2D eigenvalue weighted by Gasteiger charge is -2.46. The summed E-state index contributed by atoms with van der Waals surface area (Å²) >= 11 is 12.7. The highest BCUT2D eigenvalue weighted by atomic mass is 35.5. The van der Waals surface area contributed by atoms with Gasteiger partial charge in [-0.15, -0.1) is 12.4 Å². The molecule has 58 heavy (non-hydrogen) atoms. The lowest BCUT2D eigenvalue weighted by atomic mass is 9.72. The number of alkyl halides is 6. The van der Waals surface area contributed by atoms with E-state index in [1.54, 1.807) is 18.2 Å². The van der Waals surface area contributed by atoms with E-state index in [2.05, 4.69) is 11.0 Å². The number of rotatable bonds is 12. The molecule has 3 aromatic rings. The zero-order valence-electron chi connectivity index (χ0n) is 31.3. The Labute approximate surface area is 348 Å².